The van der Waals surface area contributed by atoms with Crippen LogP contribution in [0.25, 0.3) is 0 Å². The lowest BCUT2D eigenvalue weighted by Gasteiger charge is -2.39. The number of carbonyl (C=O) groups excluding carboxylic acids is 2. The summed E-state index contributed by atoms with van der Waals surface area (Å²) in [6, 6.07) is 3.27. The molecule has 1 heterocycles. The molecule has 34 heavy (non-hydrogen) atoms. The van der Waals surface area contributed by atoms with Gasteiger partial charge in [0, 0.05) is 6.54 Å². The van der Waals surface area contributed by atoms with E-state index < -0.39 is 6.04 Å². The van der Waals surface area contributed by atoms with Gasteiger partial charge in [-0.15, -0.1) is 0 Å². The SMILES string of the molecule is CC[C@@H](C)OC(=O)[C@@H]1CCCCN1C(=O)[C@H](c1cc(OC)c(OC)c(OC)c1)C1CCCCC1. The molecule has 1 aliphatic heterocycles. The van der Waals surface area contributed by atoms with Gasteiger partial charge in [-0.3, -0.25) is 4.79 Å². The topological polar surface area (TPSA) is 74.3 Å². The number of esters is 1. The lowest BCUT2D eigenvalue weighted by Crippen LogP contribution is -2.51. The summed E-state index contributed by atoms with van der Waals surface area (Å²) in [5.41, 5.74) is 0.853. The number of hydrogen-bond donors (Lipinski definition) is 0. The van der Waals surface area contributed by atoms with E-state index in [0.29, 0.717) is 30.2 Å². The van der Waals surface area contributed by atoms with Crippen molar-refractivity contribution in [2.24, 2.45) is 5.92 Å². The van der Waals surface area contributed by atoms with Crippen LogP contribution in [-0.2, 0) is 14.3 Å². The van der Waals surface area contributed by atoms with Gasteiger partial charge in [0.1, 0.15) is 6.04 Å². The molecule has 1 saturated heterocycles. The van der Waals surface area contributed by atoms with Gasteiger partial charge in [-0.1, -0.05) is 26.2 Å². The average Bonchev–Trinajstić information content (AvgIpc) is 2.88. The maximum atomic E-state index is 14.2. The Morgan fingerprint density at radius 1 is 0.941 bits per heavy atom. The normalized spacial score (nSPS) is 20.9. The Balaban J connectivity index is 2.00. The van der Waals surface area contributed by atoms with Gasteiger partial charge in [-0.05, 0) is 69.1 Å². The molecule has 7 heteroatoms. The Labute approximate surface area is 204 Å². The first kappa shape index (κ1) is 26.2. The number of ether oxygens (including phenoxy) is 4. The lowest BCUT2D eigenvalue weighted by atomic mass is 9.75. The van der Waals surface area contributed by atoms with Gasteiger partial charge in [-0.2, -0.15) is 0 Å². The zero-order chi connectivity index (χ0) is 24.7. The van der Waals surface area contributed by atoms with E-state index in [0.717, 1.165) is 50.5 Å². The van der Waals surface area contributed by atoms with Crippen molar-refractivity contribution < 1.29 is 28.5 Å². The lowest BCUT2D eigenvalue weighted by molar-refractivity contribution is -0.161. The molecule has 7 nitrogen and oxygen atoms in total. The van der Waals surface area contributed by atoms with E-state index in [-0.39, 0.29) is 29.8 Å². The molecule has 1 aromatic carbocycles. The first-order valence-corrected chi connectivity index (χ1v) is 12.8. The molecule has 190 valence electrons. The van der Waals surface area contributed by atoms with E-state index in [9.17, 15) is 9.59 Å². The number of carbonyl (C=O) groups is 2. The summed E-state index contributed by atoms with van der Waals surface area (Å²) in [6.45, 7) is 4.46. The summed E-state index contributed by atoms with van der Waals surface area (Å²) in [7, 11) is 4.75. The molecule has 2 aliphatic rings. The van der Waals surface area contributed by atoms with E-state index in [1.165, 1.54) is 6.42 Å². The molecule has 0 bridgehead atoms. The fourth-order valence-electron chi connectivity index (χ4n) is 5.34. The number of nitrogens with zero attached hydrogens (tertiary/aromatic N) is 1. The number of likely N-dealkylation sites (tertiary alicyclic amines) is 1. The monoisotopic (exact) mass is 475 g/mol. The van der Waals surface area contributed by atoms with Gasteiger partial charge in [0.25, 0.3) is 0 Å². The summed E-state index contributed by atoms with van der Waals surface area (Å²) in [4.78, 5) is 29.0. The maximum absolute atomic E-state index is 14.2. The molecular weight excluding hydrogens is 434 g/mol. The zero-order valence-electron chi connectivity index (χ0n) is 21.4. The first-order valence-electron chi connectivity index (χ1n) is 12.8. The van der Waals surface area contributed by atoms with Crippen molar-refractivity contribution in [1.29, 1.82) is 0 Å². The standard InChI is InChI=1S/C27H41NO6/c1-6-18(2)34-27(30)21-14-10-11-15-28(21)26(29)24(19-12-8-7-9-13-19)20-16-22(31-3)25(33-5)23(17-20)32-4/h16-19,21,24H,6-15H2,1-5H3/t18-,21+,24+/m1/s1. The van der Waals surface area contributed by atoms with Crippen LogP contribution in [0.4, 0.5) is 0 Å². The number of hydrogen-bond acceptors (Lipinski definition) is 6. The number of methoxy groups -OCH3 is 3. The van der Waals surface area contributed by atoms with Crippen LogP contribution in [0, 0.1) is 5.92 Å². The Morgan fingerprint density at radius 2 is 1.56 bits per heavy atom. The number of benzene rings is 1. The Bertz CT molecular complexity index is 809. The van der Waals surface area contributed by atoms with Gasteiger partial charge < -0.3 is 23.8 Å². The molecule has 2 fully saturated rings. The third-order valence-electron chi connectivity index (χ3n) is 7.38. The molecule has 3 rings (SSSR count). The molecule has 0 N–H and O–H groups in total. The summed E-state index contributed by atoms with van der Waals surface area (Å²) < 4.78 is 22.4. The van der Waals surface area contributed by atoms with Crippen LogP contribution in [-0.4, -0.2) is 56.8 Å². The molecule has 1 aromatic rings. The van der Waals surface area contributed by atoms with Gasteiger partial charge in [-0.25, -0.2) is 4.79 Å². The summed E-state index contributed by atoms with van der Waals surface area (Å²) >= 11 is 0. The Hall–Kier alpha value is -2.44. The van der Waals surface area contributed by atoms with Crippen LogP contribution < -0.4 is 14.2 Å². The van der Waals surface area contributed by atoms with Crippen molar-refractivity contribution in [1.82, 2.24) is 4.90 Å². The predicted molar refractivity (Wildman–Crippen MR) is 131 cm³/mol. The highest BCUT2D eigenvalue weighted by Gasteiger charge is 2.41. The zero-order valence-corrected chi connectivity index (χ0v) is 21.4. The molecule has 1 aliphatic carbocycles. The van der Waals surface area contributed by atoms with Crippen molar-refractivity contribution in [3.8, 4) is 17.2 Å². The van der Waals surface area contributed by atoms with E-state index in [1.54, 1.807) is 26.2 Å². The highest BCUT2D eigenvalue weighted by Crippen LogP contribution is 2.45. The highest BCUT2D eigenvalue weighted by atomic mass is 16.5. The number of rotatable bonds is 9. The van der Waals surface area contributed by atoms with E-state index in [1.807, 2.05) is 26.0 Å². The fraction of sp³-hybridized carbons (Fsp3) is 0.704. The second-order valence-electron chi connectivity index (χ2n) is 9.53. The minimum atomic E-state index is -0.525. The largest absolute Gasteiger partial charge is 0.493 e. The molecule has 0 spiro atoms. The molecule has 0 aromatic heterocycles. The Kier molecular flexibility index (Phi) is 9.48. The van der Waals surface area contributed by atoms with Crippen molar-refractivity contribution in [2.45, 2.75) is 89.7 Å². The average molecular weight is 476 g/mol. The second-order valence-corrected chi connectivity index (χ2v) is 9.53. The molecular formula is C27H41NO6. The predicted octanol–water partition coefficient (Wildman–Crippen LogP) is 5.10. The minimum Gasteiger partial charge on any atom is -0.493 e. The van der Waals surface area contributed by atoms with Crippen molar-refractivity contribution in [2.75, 3.05) is 27.9 Å². The smallest absolute Gasteiger partial charge is 0.329 e. The van der Waals surface area contributed by atoms with E-state index in [2.05, 4.69) is 0 Å². The van der Waals surface area contributed by atoms with Gasteiger partial charge >= 0.3 is 5.97 Å². The van der Waals surface area contributed by atoms with Crippen molar-refractivity contribution in [3.05, 3.63) is 17.7 Å². The summed E-state index contributed by atoms with van der Waals surface area (Å²) in [5.74, 6) is 1.15. The molecule has 3 atom stereocenters. The third kappa shape index (κ3) is 5.78. The molecule has 1 amide bonds. The van der Waals surface area contributed by atoms with E-state index >= 15 is 0 Å². The van der Waals surface area contributed by atoms with Gasteiger partial charge in [0.2, 0.25) is 11.7 Å². The molecule has 1 saturated carbocycles. The maximum Gasteiger partial charge on any atom is 0.329 e. The number of piperidine rings is 1. The van der Waals surface area contributed by atoms with Crippen molar-refractivity contribution >= 4 is 11.9 Å². The Morgan fingerprint density at radius 3 is 2.12 bits per heavy atom. The van der Waals surface area contributed by atoms with Crippen LogP contribution in [0.2, 0.25) is 0 Å². The quantitative estimate of drug-likeness (QED) is 0.463. The fourth-order valence-corrected chi connectivity index (χ4v) is 5.34. The first-order chi connectivity index (χ1) is 16.4. The summed E-state index contributed by atoms with van der Waals surface area (Å²) in [5, 5.41) is 0. The summed E-state index contributed by atoms with van der Waals surface area (Å²) in [6.07, 6.45) is 8.45. The number of amides is 1. The van der Waals surface area contributed by atoms with Gasteiger partial charge in [0.05, 0.1) is 33.4 Å². The van der Waals surface area contributed by atoms with Crippen LogP contribution in [0.1, 0.15) is 83.1 Å². The van der Waals surface area contributed by atoms with E-state index in [4.69, 9.17) is 18.9 Å². The highest BCUT2D eigenvalue weighted by molar-refractivity contribution is 5.89. The van der Waals surface area contributed by atoms with Gasteiger partial charge in [0.15, 0.2) is 11.5 Å². The second kappa shape index (κ2) is 12.3. The van der Waals surface area contributed by atoms with Crippen LogP contribution >= 0.6 is 0 Å². The third-order valence-corrected chi connectivity index (χ3v) is 7.38. The van der Waals surface area contributed by atoms with Crippen LogP contribution in [0.15, 0.2) is 12.1 Å². The van der Waals surface area contributed by atoms with Crippen LogP contribution in [0.3, 0.4) is 0 Å². The molecule has 0 unspecified atom stereocenters. The molecule has 0 radical (unpaired) electrons. The van der Waals surface area contributed by atoms with Crippen molar-refractivity contribution in [3.63, 3.8) is 0 Å². The van der Waals surface area contributed by atoms with Crippen LogP contribution in [0.5, 0.6) is 17.2 Å². The minimum absolute atomic E-state index is 0.00646.